The SMILES string of the molecule is CN(C(CN1CCC(O)C1)c1ccccc1)S(=O)(=O)Cc1ccc(C(F)(F)F)cc1. The fourth-order valence-electron chi connectivity index (χ4n) is 3.62. The van der Waals surface area contributed by atoms with Gasteiger partial charge in [0.25, 0.3) is 0 Å². The van der Waals surface area contributed by atoms with Gasteiger partial charge in [-0.15, -0.1) is 0 Å². The molecular formula is C21H25F3N2O3S. The molecule has 0 amide bonds. The van der Waals surface area contributed by atoms with Crippen molar-refractivity contribution in [3.63, 3.8) is 0 Å². The molecule has 0 bridgehead atoms. The van der Waals surface area contributed by atoms with Gasteiger partial charge < -0.3 is 5.11 Å². The summed E-state index contributed by atoms with van der Waals surface area (Å²) in [6.07, 6.45) is -4.24. The van der Waals surface area contributed by atoms with Gasteiger partial charge in [0.2, 0.25) is 10.0 Å². The maximum Gasteiger partial charge on any atom is 0.416 e. The van der Waals surface area contributed by atoms with Crippen molar-refractivity contribution in [3.05, 3.63) is 71.3 Å². The molecule has 1 aliphatic rings. The summed E-state index contributed by atoms with van der Waals surface area (Å²) in [6, 6.07) is 12.9. The Morgan fingerprint density at radius 2 is 1.77 bits per heavy atom. The number of hydrogen-bond donors (Lipinski definition) is 1. The summed E-state index contributed by atoms with van der Waals surface area (Å²) in [4.78, 5) is 2.02. The molecule has 1 saturated heterocycles. The van der Waals surface area contributed by atoms with Gasteiger partial charge in [0, 0.05) is 26.7 Å². The molecule has 2 atom stereocenters. The van der Waals surface area contributed by atoms with Crippen LogP contribution in [0.1, 0.15) is 29.2 Å². The van der Waals surface area contributed by atoms with Crippen LogP contribution in [-0.2, 0) is 22.0 Å². The third-order valence-corrected chi connectivity index (χ3v) is 7.20. The molecule has 5 nitrogen and oxygen atoms in total. The summed E-state index contributed by atoms with van der Waals surface area (Å²) < 4.78 is 65.7. The molecule has 0 aromatic heterocycles. The van der Waals surface area contributed by atoms with E-state index in [1.165, 1.54) is 23.5 Å². The van der Waals surface area contributed by atoms with Crippen LogP contribution in [0.15, 0.2) is 54.6 Å². The van der Waals surface area contributed by atoms with Crippen molar-refractivity contribution in [2.24, 2.45) is 0 Å². The summed E-state index contributed by atoms with van der Waals surface area (Å²) in [6.45, 7) is 1.58. The van der Waals surface area contributed by atoms with Gasteiger partial charge in [-0.25, -0.2) is 8.42 Å². The van der Waals surface area contributed by atoms with Gasteiger partial charge in [0.05, 0.1) is 23.5 Å². The number of alkyl halides is 3. The molecule has 0 aliphatic carbocycles. The average Bonchev–Trinajstić information content (AvgIpc) is 3.10. The van der Waals surface area contributed by atoms with Crippen LogP contribution in [0.25, 0.3) is 0 Å². The number of aliphatic hydroxyl groups excluding tert-OH is 1. The van der Waals surface area contributed by atoms with Crippen molar-refractivity contribution in [1.82, 2.24) is 9.21 Å². The number of likely N-dealkylation sites (N-methyl/N-ethyl adjacent to an activating group) is 1. The van der Waals surface area contributed by atoms with Crippen LogP contribution in [0.2, 0.25) is 0 Å². The summed E-state index contributed by atoms with van der Waals surface area (Å²) in [5, 5.41) is 9.80. The van der Waals surface area contributed by atoms with Gasteiger partial charge in [-0.2, -0.15) is 17.5 Å². The number of halogens is 3. The fourth-order valence-corrected chi connectivity index (χ4v) is 5.02. The zero-order valence-corrected chi connectivity index (χ0v) is 17.4. The number of hydrogen-bond acceptors (Lipinski definition) is 4. The van der Waals surface area contributed by atoms with E-state index in [2.05, 4.69) is 0 Å². The van der Waals surface area contributed by atoms with E-state index in [0.29, 0.717) is 31.6 Å². The lowest BCUT2D eigenvalue weighted by molar-refractivity contribution is -0.137. The van der Waals surface area contributed by atoms with E-state index >= 15 is 0 Å². The van der Waals surface area contributed by atoms with Crippen molar-refractivity contribution >= 4 is 10.0 Å². The second-order valence-corrected chi connectivity index (χ2v) is 9.62. The molecule has 1 N–H and O–H groups in total. The molecule has 1 heterocycles. The van der Waals surface area contributed by atoms with Crippen LogP contribution in [0.3, 0.4) is 0 Å². The molecule has 1 aliphatic heterocycles. The predicted molar refractivity (Wildman–Crippen MR) is 108 cm³/mol. The minimum atomic E-state index is -4.47. The topological polar surface area (TPSA) is 60.9 Å². The molecule has 0 spiro atoms. The number of nitrogens with zero attached hydrogens (tertiary/aromatic N) is 2. The van der Waals surface area contributed by atoms with Crippen molar-refractivity contribution in [2.75, 3.05) is 26.7 Å². The summed E-state index contributed by atoms with van der Waals surface area (Å²) in [5.41, 5.74) is 0.294. The van der Waals surface area contributed by atoms with Crippen LogP contribution in [0.4, 0.5) is 13.2 Å². The minimum absolute atomic E-state index is 0.290. The number of benzene rings is 2. The lowest BCUT2D eigenvalue weighted by Gasteiger charge is -2.31. The van der Waals surface area contributed by atoms with E-state index in [1.807, 2.05) is 35.2 Å². The largest absolute Gasteiger partial charge is 0.416 e. The van der Waals surface area contributed by atoms with Crippen molar-refractivity contribution in [3.8, 4) is 0 Å². The smallest absolute Gasteiger partial charge is 0.392 e. The first-order valence-corrected chi connectivity index (χ1v) is 11.2. The van der Waals surface area contributed by atoms with E-state index in [-0.39, 0.29) is 0 Å². The number of likely N-dealkylation sites (tertiary alicyclic amines) is 1. The molecule has 2 aromatic rings. The quantitative estimate of drug-likeness (QED) is 0.715. The molecular weight excluding hydrogens is 417 g/mol. The van der Waals surface area contributed by atoms with Crippen molar-refractivity contribution < 1.29 is 26.7 Å². The maximum atomic E-state index is 13.1. The highest BCUT2D eigenvalue weighted by atomic mass is 32.2. The number of aliphatic hydroxyl groups is 1. The van der Waals surface area contributed by atoms with E-state index in [4.69, 9.17) is 0 Å². The Kier molecular flexibility index (Phi) is 6.86. The Balaban J connectivity index is 1.80. The van der Waals surface area contributed by atoms with Crippen LogP contribution in [0.5, 0.6) is 0 Å². The Bertz CT molecular complexity index is 934. The Morgan fingerprint density at radius 3 is 2.30 bits per heavy atom. The standard InChI is InChI=1S/C21H25F3N2O3S/c1-25(30(28,29)15-16-7-9-18(10-8-16)21(22,23)24)20(17-5-3-2-4-6-17)14-26-12-11-19(27)13-26/h2-10,19-20,27H,11-15H2,1H3. The van der Waals surface area contributed by atoms with Crippen molar-refractivity contribution in [1.29, 1.82) is 0 Å². The lowest BCUT2D eigenvalue weighted by Crippen LogP contribution is -2.39. The monoisotopic (exact) mass is 442 g/mol. The van der Waals surface area contributed by atoms with Gasteiger partial charge in [-0.3, -0.25) is 4.90 Å². The highest BCUT2D eigenvalue weighted by Crippen LogP contribution is 2.30. The van der Waals surface area contributed by atoms with Crippen LogP contribution in [-0.4, -0.2) is 55.5 Å². The normalized spacial score (nSPS) is 19.3. The number of β-amino-alcohol motifs (C(OH)–C–C–N with tert-alkyl or cyclic N) is 1. The zero-order valence-electron chi connectivity index (χ0n) is 16.6. The van der Waals surface area contributed by atoms with Gasteiger partial charge in [0.1, 0.15) is 0 Å². The number of rotatable bonds is 7. The third kappa shape index (κ3) is 5.60. The summed E-state index contributed by atoms with van der Waals surface area (Å²) in [7, 11) is -2.31. The molecule has 3 rings (SSSR count). The van der Waals surface area contributed by atoms with Gasteiger partial charge in [-0.05, 0) is 29.7 Å². The molecule has 1 fully saturated rings. The van der Waals surface area contributed by atoms with Crippen molar-refractivity contribution in [2.45, 2.75) is 30.5 Å². The molecule has 9 heteroatoms. The number of sulfonamides is 1. The summed E-state index contributed by atoms with van der Waals surface area (Å²) in [5.74, 6) is -0.395. The van der Waals surface area contributed by atoms with Gasteiger partial charge >= 0.3 is 6.18 Å². The Morgan fingerprint density at radius 1 is 1.13 bits per heavy atom. The Labute approximate surface area is 174 Å². The van der Waals surface area contributed by atoms with E-state index in [1.54, 1.807) is 0 Å². The summed E-state index contributed by atoms with van der Waals surface area (Å²) >= 11 is 0. The van der Waals surface area contributed by atoms with E-state index in [9.17, 15) is 26.7 Å². The molecule has 2 unspecified atom stereocenters. The zero-order chi connectivity index (χ0) is 21.9. The van der Waals surface area contributed by atoms with E-state index < -0.39 is 39.7 Å². The molecule has 164 valence electrons. The average molecular weight is 443 g/mol. The third-order valence-electron chi connectivity index (χ3n) is 5.37. The lowest BCUT2D eigenvalue weighted by atomic mass is 10.1. The molecule has 2 aromatic carbocycles. The second-order valence-electron chi connectivity index (χ2n) is 7.60. The highest BCUT2D eigenvalue weighted by Gasteiger charge is 2.33. The predicted octanol–water partition coefficient (Wildman–Crippen LogP) is 3.27. The Hall–Kier alpha value is -1.94. The van der Waals surface area contributed by atoms with Crippen LogP contribution >= 0.6 is 0 Å². The first kappa shape index (κ1) is 22.7. The van der Waals surface area contributed by atoms with Crippen LogP contribution < -0.4 is 0 Å². The first-order chi connectivity index (χ1) is 14.1. The fraction of sp³-hybridized carbons (Fsp3) is 0.429. The van der Waals surface area contributed by atoms with Gasteiger partial charge in [0.15, 0.2) is 0 Å². The maximum absolute atomic E-state index is 13.1. The molecule has 30 heavy (non-hydrogen) atoms. The molecule has 0 saturated carbocycles. The van der Waals surface area contributed by atoms with E-state index in [0.717, 1.165) is 17.7 Å². The van der Waals surface area contributed by atoms with Gasteiger partial charge in [-0.1, -0.05) is 42.5 Å². The van der Waals surface area contributed by atoms with Crippen LogP contribution in [0, 0.1) is 0 Å². The second kappa shape index (κ2) is 9.05. The highest BCUT2D eigenvalue weighted by molar-refractivity contribution is 7.88. The first-order valence-electron chi connectivity index (χ1n) is 9.63. The molecule has 0 radical (unpaired) electrons. The minimum Gasteiger partial charge on any atom is -0.392 e.